The molecule has 1 aromatic carbocycles. The second-order valence-corrected chi connectivity index (χ2v) is 8.73. The van der Waals surface area contributed by atoms with Crippen molar-refractivity contribution in [1.82, 2.24) is 14.7 Å². The monoisotopic (exact) mass is 405 g/mol. The summed E-state index contributed by atoms with van der Waals surface area (Å²) >= 11 is 8.26. The standard InChI is InChI=1S/C18H19N3O2S3/c1-12-6-4-5-7-15(12)21-18(24)26-17(19-21)25-11-16(22)20(3)10-14-9-8-13(2)23-14/h4-9H,10-11H2,1-3H3. The Morgan fingerprint density at radius 2 is 2.08 bits per heavy atom. The lowest BCUT2D eigenvalue weighted by Crippen LogP contribution is -2.27. The minimum absolute atomic E-state index is 0.0209. The summed E-state index contributed by atoms with van der Waals surface area (Å²) in [5, 5.41) is 4.56. The minimum Gasteiger partial charge on any atom is -0.464 e. The van der Waals surface area contributed by atoms with E-state index in [1.807, 2.05) is 50.2 Å². The molecule has 26 heavy (non-hydrogen) atoms. The highest BCUT2D eigenvalue weighted by Gasteiger charge is 2.14. The highest BCUT2D eigenvalue weighted by molar-refractivity contribution is 8.01. The molecule has 136 valence electrons. The molecular formula is C18H19N3O2S3. The van der Waals surface area contributed by atoms with Gasteiger partial charge in [-0.25, -0.2) is 4.68 Å². The van der Waals surface area contributed by atoms with E-state index < -0.39 is 0 Å². The zero-order valence-corrected chi connectivity index (χ0v) is 17.2. The first kappa shape index (κ1) is 18.9. The summed E-state index contributed by atoms with van der Waals surface area (Å²) in [4.78, 5) is 14.0. The predicted molar refractivity (Wildman–Crippen MR) is 108 cm³/mol. The van der Waals surface area contributed by atoms with Gasteiger partial charge in [-0.15, -0.1) is 5.10 Å². The Hall–Kier alpha value is -1.90. The van der Waals surface area contributed by atoms with Crippen molar-refractivity contribution in [1.29, 1.82) is 0 Å². The molecule has 0 aliphatic carbocycles. The molecule has 2 aromatic heterocycles. The van der Waals surface area contributed by atoms with Crippen molar-refractivity contribution in [3.63, 3.8) is 0 Å². The average molecular weight is 406 g/mol. The van der Waals surface area contributed by atoms with E-state index in [-0.39, 0.29) is 5.91 Å². The van der Waals surface area contributed by atoms with Gasteiger partial charge in [0.05, 0.1) is 18.0 Å². The van der Waals surface area contributed by atoms with E-state index in [2.05, 4.69) is 5.10 Å². The number of carbonyl (C=O) groups excluding carboxylic acids is 1. The van der Waals surface area contributed by atoms with Crippen LogP contribution in [0.5, 0.6) is 0 Å². The van der Waals surface area contributed by atoms with Crippen LogP contribution in [-0.4, -0.2) is 33.4 Å². The van der Waals surface area contributed by atoms with Crippen molar-refractivity contribution in [2.75, 3.05) is 12.8 Å². The van der Waals surface area contributed by atoms with Crippen LogP contribution in [-0.2, 0) is 11.3 Å². The van der Waals surface area contributed by atoms with Gasteiger partial charge < -0.3 is 9.32 Å². The molecule has 0 aliphatic rings. The van der Waals surface area contributed by atoms with Crippen molar-refractivity contribution in [3.05, 3.63) is 57.4 Å². The number of hydrogen-bond donors (Lipinski definition) is 0. The third-order valence-corrected chi connectivity index (χ3v) is 6.16. The fraction of sp³-hybridized carbons (Fsp3) is 0.278. The van der Waals surface area contributed by atoms with Crippen molar-refractivity contribution in [2.24, 2.45) is 0 Å². The van der Waals surface area contributed by atoms with E-state index >= 15 is 0 Å². The number of para-hydroxylation sites is 1. The summed E-state index contributed by atoms with van der Waals surface area (Å²) in [5.41, 5.74) is 2.08. The van der Waals surface area contributed by atoms with Gasteiger partial charge in [0, 0.05) is 7.05 Å². The summed E-state index contributed by atoms with van der Waals surface area (Å²) in [7, 11) is 1.77. The fourth-order valence-electron chi connectivity index (χ4n) is 2.40. The van der Waals surface area contributed by atoms with Gasteiger partial charge in [-0.1, -0.05) is 41.3 Å². The zero-order chi connectivity index (χ0) is 18.7. The fourth-order valence-corrected chi connectivity index (χ4v) is 4.69. The Morgan fingerprint density at radius 3 is 2.77 bits per heavy atom. The van der Waals surface area contributed by atoms with Crippen LogP contribution < -0.4 is 0 Å². The van der Waals surface area contributed by atoms with E-state index in [0.717, 1.165) is 27.1 Å². The van der Waals surface area contributed by atoms with Crippen molar-refractivity contribution >= 4 is 41.2 Å². The Balaban J connectivity index is 1.63. The van der Waals surface area contributed by atoms with Crippen LogP contribution in [0.15, 0.2) is 45.2 Å². The Labute approximate surface area is 165 Å². The molecule has 3 rings (SSSR count). The summed E-state index contributed by atoms with van der Waals surface area (Å²) in [6, 6.07) is 11.8. The average Bonchev–Trinajstić information content (AvgIpc) is 3.18. The first-order chi connectivity index (χ1) is 12.4. The van der Waals surface area contributed by atoms with Crippen LogP contribution in [0.3, 0.4) is 0 Å². The van der Waals surface area contributed by atoms with Gasteiger partial charge in [0.1, 0.15) is 11.5 Å². The highest BCUT2D eigenvalue weighted by atomic mass is 32.2. The van der Waals surface area contributed by atoms with Gasteiger partial charge in [0.15, 0.2) is 8.29 Å². The van der Waals surface area contributed by atoms with E-state index in [1.165, 1.54) is 23.1 Å². The molecule has 8 heteroatoms. The molecule has 1 amide bonds. The van der Waals surface area contributed by atoms with E-state index in [0.29, 0.717) is 16.3 Å². The van der Waals surface area contributed by atoms with Gasteiger partial charge in [-0.3, -0.25) is 4.79 Å². The SMILES string of the molecule is Cc1ccc(CN(C)C(=O)CSc2nn(-c3ccccc3C)c(=S)s2)o1. The Kier molecular flexibility index (Phi) is 5.95. The number of carbonyl (C=O) groups is 1. The quantitative estimate of drug-likeness (QED) is 0.442. The number of benzene rings is 1. The van der Waals surface area contributed by atoms with Crippen LogP contribution in [0, 0.1) is 17.8 Å². The molecule has 0 aliphatic heterocycles. The summed E-state index contributed by atoms with van der Waals surface area (Å²) < 4.78 is 8.74. The van der Waals surface area contributed by atoms with Gasteiger partial charge >= 0.3 is 0 Å². The molecule has 0 N–H and O–H groups in total. The lowest BCUT2D eigenvalue weighted by molar-refractivity contribution is -0.127. The van der Waals surface area contributed by atoms with Crippen molar-refractivity contribution in [2.45, 2.75) is 24.7 Å². The Bertz CT molecular complexity index is 974. The smallest absolute Gasteiger partial charge is 0.233 e. The minimum atomic E-state index is 0.0209. The summed E-state index contributed by atoms with van der Waals surface area (Å²) in [6.07, 6.45) is 0. The van der Waals surface area contributed by atoms with Crippen LogP contribution >= 0.6 is 35.3 Å². The molecule has 0 unspecified atom stereocenters. The number of hydrogen-bond acceptors (Lipinski definition) is 6. The second-order valence-electron chi connectivity index (χ2n) is 5.88. The number of amides is 1. The molecule has 0 saturated carbocycles. The molecule has 0 radical (unpaired) electrons. The Morgan fingerprint density at radius 1 is 1.31 bits per heavy atom. The van der Waals surface area contributed by atoms with Gasteiger partial charge in [-0.2, -0.15) is 0 Å². The molecule has 0 saturated heterocycles. The second kappa shape index (κ2) is 8.20. The maximum Gasteiger partial charge on any atom is 0.233 e. The number of aryl methyl sites for hydroxylation is 2. The van der Waals surface area contributed by atoms with Gasteiger partial charge in [0.2, 0.25) is 5.91 Å². The number of rotatable bonds is 6. The first-order valence-corrected chi connectivity index (χ1v) is 10.2. The third-order valence-electron chi connectivity index (χ3n) is 3.81. The molecular weight excluding hydrogens is 386 g/mol. The van der Waals surface area contributed by atoms with E-state index in [9.17, 15) is 4.79 Å². The zero-order valence-electron chi connectivity index (χ0n) is 14.8. The summed E-state index contributed by atoms with van der Waals surface area (Å²) in [6.45, 7) is 4.37. The molecule has 0 spiro atoms. The molecule has 2 heterocycles. The highest BCUT2D eigenvalue weighted by Crippen LogP contribution is 2.25. The molecule has 0 atom stereocenters. The van der Waals surface area contributed by atoms with Gasteiger partial charge in [0.25, 0.3) is 0 Å². The lowest BCUT2D eigenvalue weighted by Gasteiger charge is -2.14. The lowest BCUT2D eigenvalue weighted by atomic mass is 10.2. The maximum absolute atomic E-state index is 12.4. The van der Waals surface area contributed by atoms with E-state index in [4.69, 9.17) is 16.6 Å². The topological polar surface area (TPSA) is 51.3 Å². The van der Waals surface area contributed by atoms with Crippen molar-refractivity contribution in [3.8, 4) is 5.69 Å². The largest absolute Gasteiger partial charge is 0.464 e. The number of nitrogens with zero attached hydrogens (tertiary/aromatic N) is 3. The van der Waals surface area contributed by atoms with Crippen LogP contribution in [0.1, 0.15) is 17.1 Å². The van der Waals surface area contributed by atoms with Gasteiger partial charge in [-0.05, 0) is 49.8 Å². The summed E-state index contributed by atoms with van der Waals surface area (Å²) in [5.74, 6) is 1.96. The predicted octanol–water partition coefficient (Wildman–Crippen LogP) is 4.62. The normalized spacial score (nSPS) is 10.9. The number of furan rings is 1. The molecule has 5 nitrogen and oxygen atoms in total. The van der Waals surface area contributed by atoms with Crippen LogP contribution in [0.25, 0.3) is 5.69 Å². The van der Waals surface area contributed by atoms with E-state index in [1.54, 1.807) is 16.6 Å². The number of thioether (sulfide) groups is 1. The molecule has 0 fully saturated rings. The number of aromatic nitrogens is 2. The third kappa shape index (κ3) is 4.44. The maximum atomic E-state index is 12.4. The van der Waals surface area contributed by atoms with Crippen LogP contribution in [0.2, 0.25) is 0 Å². The van der Waals surface area contributed by atoms with Crippen molar-refractivity contribution < 1.29 is 9.21 Å². The first-order valence-electron chi connectivity index (χ1n) is 8.02. The molecule has 3 aromatic rings. The van der Waals surface area contributed by atoms with Crippen LogP contribution in [0.4, 0.5) is 0 Å². The molecule has 0 bridgehead atoms.